The van der Waals surface area contributed by atoms with Crippen LogP contribution in [0.5, 0.6) is 5.75 Å². The van der Waals surface area contributed by atoms with Crippen molar-refractivity contribution >= 4 is 17.6 Å². The van der Waals surface area contributed by atoms with Gasteiger partial charge < -0.3 is 25.1 Å². The molecule has 33 heavy (non-hydrogen) atoms. The number of rotatable bonds is 9. The molecule has 1 saturated carbocycles. The van der Waals surface area contributed by atoms with Crippen molar-refractivity contribution in [2.75, 3.05) is 19.0 Å². The van der Waals surface area contributed by atoms with Gasteiger partial charge in [0.2, 0.25) is 0 Å². The van der Waals surface area contributed by atoms with Gasteiger partial charge in [0.15, 0.2) is 11.7 Å². The van der Waals surface area contributed by atoms with Gasteiger partial charge in [0.05, 0.1) is 12.9 Å². The maximum Gasteiger partial charge on any atom is 0.291 e. The maximum atomic E-state index is 12.2. The van der Waals surface area contributed by atoms with Crippen LogP contribution in [0.4, 0.5) is 5.69 Å². The number of hydrogen-bond donors (Lipinski definition) is 3. The molecule has 1 aliphatic carbocycles. The lowest BCUT2D eigenvalue weighted by molar-refractivity contribution is 0.0996. The van der Waals surface area contributed by atoms with Gasteiger partial charge in [-0.15, -0.1) is 0 Å². The highest BCUT2D eigenvalue weighted by Crippen LogP contribution is 2.30. The molecule has 0 atom stereocenters. The molecule has 1 aliphatic rings. The number of carbonyl (C=O) groups excluding carboxylic acids is 1. The maximum absolute atomic E-state index is 12.2. The fourth-order valence-electron chi connectivity index (χ4n) is 3.38. The average molecular weight is 447 g/mol. The third-order valence-corrected chi connectivity index (χ3v) is 5.45. The topological polar surface area (TPSA) is 87.9 Å². The summed E-state index contributed by atoms with van der Waals surface area (Å²) in [6.07, 6.45) is 4.01. The molecule has 0 spiro atoms. The Hall–Kier alpha value is -3.74. The largest absolute Gasteiger partial charge is 0.493 e. The molecule has 0 unspecified atom stereocenters. The second-order valence-electron chi connectivity index (χ2n) is 8.28. The van der Waals surface area contributed by atoms with Crippen LogP contribution in [0.1, 0.15) is 40.1 Å². The van der Waals surface area contributed by atoms with E-state index in [1.54, 1.807) is 19.2 Å². The number of amides is 1. The van der Waals surface area contributed by atoms with Crippen molar-refractivity contribution in [1.82, 2.24) is 10.6 Å². The first kappa shape index (κ1) is 22.5. The Bertz CT molecular complexity index is 1100. The summed E-state index contributed by atoms with van der Waals surface area (Å²) in [4.78, 5) is 16.5. The zero-order chi connectivity index (χ0) is 23.0. The Labute approximate surface area is 194 Å². The summed E-state index contributed by atoms with van der Waals surface area (Å²) in [5, 5.41) is 9.53. The lowest BCUT2D eigenvalue weighted by Crippen LogP contribution is -2.36. The fraction of sp³-hybridized carbons (Fsp3) is 0.308. The van der Waals surface area contributed by atoms with Crippen LogP contribution < -0.4 is 20.7 Å². The van der Waals surface area contributed by atoms with Crippen molar-refractivity contribution in [3.05, 3.63) is 83.3 Å². The second kappa shape index (κ2) is 10.7. The van der Waals surface area contributed by atoms with E-state index in [-0.39, 0.29) is 11.7 Å². The normalized spacial score (nSPS) is 13.5. The molecule has 3 N–H and O–H groups in total. The number of nitrogens with one attached hydrogen (secondary N) is 3. The molecule has 1 fully saturated rings. The molecule has 1 amide bonds. The van der Waals surface area contributed by atoms with Crippen molar-refractivity contribution < 1.29 is 13.9 Å². The van der Waals surface area contributed by atoms with Gasteiger partial charge in [-0.05, 0) is 67.1 Å². The standard InChI is InChI=1S/C26H30N4O3/c1-18-8-11-21(24(13-18)33-17-19-9-10-19)16-29-26(27-2)28-15-20-5-3-6-22(14-20)30-25(31)23-7-4-12-32-23/h3-8,11-14,19H,9-10,15-17H2,1-2H3,(H,30,31)(H2,27,28,29). The van der Waals surface area contributed by atoms with Gasteiger partial charge in [0.25, 0.3) is 5.91 Å². The van der Waals surface area contributed by atoms with Crippen LogP contribution in [0.3, 0.4) is 0 Å². The predicted octanol–water partition coefficient (Wildman–Crippen LogP) is 4.49. The van der Waals surface area contributed by atoms with E-state index in [2.05, 4.69) is 46.1 Å². The monoisotopic (exact) mass is 446 g/mol. The van der Waals surface area contributed by atoms with Crippen LogP contribution in [0.25, 0.3) is 0 Å². The van der Waals surface area contributed by atoms with E-state index in [4.69, 9.17) is 9.15 Å². The number of aryl methyl sites for hydroxylation is 1. The zero-order valence-electron chi connectivity index (χ0n) is 19.1. The number of ether oxygens (including phenoxy) is 1. The quantitative estimate of drug-likeness (QED) is 0.333. The first-order valence-corrected chi connectivity index (χ1v) is 11.2. The van der Waals surface area contributed by atoms with Gasteiger partial charge >= 0.3 is 0 Å². The van der Waals surface area contributed by atoms with Gasteiger partial charge in [-0.2, -0.15) is 0 Å². The molecule has 0 saturated heterocycles. The average Bonchev–Trinajstić information content (AvgIpc) is 3.48. The third kappa shape index (κ3) is 6.62. The van der Waals surface area contributed by atoms with E-state index in [0.29, 0.717) is 30.7 Å². The van der Waals surface area contributed by atoms with Crippen molar-refractivity contribution in [2.45, 2.75) is 32.9 Å². The van der Waals surface area contributed by atoms with Gasteiger partial charge in [0, 0.05) is 31.4 Å². The van der Waals surface area contributed by atoms with Crippen LogP contribution in [0.2, 0.25) is 0 Å². The van der Waals surface area contributed by atoms with E-state index >= 15 is 0 Å². The summed E-state index contributed by atoms with van der Waals surface area (Å²) in [5.41, 5.74) is 4.01. The van der Waals surface area contributed by atoms with E-state index in [1.807, 2.05) is 24.3 Å². The SMILES string of the molecule is CN=C(NCc1cccc(NC(=O)c2ccco2)c1)NCc1ccc(C)cc1OCC1CC1. The van der Waals surface area contributed by atoms with Crippen molar-refractivity contribution in [3.8, 4) is 5.75 Å². The van der Waals surface area contributed by atoms with Crippen molar-refractivity contribution in [2.24, 2.45) is 10.9 Å². The van der Waals surface area contributed by atoms with E-state index in [9.17, 15) is 4.79 Å². The Kier molecular flexibility index (Phi) is 7.29. The molecular formula is C26H30N4O3. The first-order valence-electron chi connectivity index (χ1n) is 11.2. The van der Waals surface area contributed by atoms with E-state index < -0.39 is 0 Å². The molecule has 2 aromatic carbocycles. The Balaban J connectivity index is 1.30. The number of furan rings is 1. The third-order valence-electron chi connectivity index (χ3n) is 5.45. The Morgan fingerprint density at radius 2 is 1.94 bits per heavy atom. The smallest absolute Gasteiger partial charge is 0.291 e. The zero-order valence-corrected chi connectivity index (χ0v) is 19.1. The van der Waals surface area contributed by atoms with E-state index in [1.165, 1.54) is 24.7 Å². The predicted molar refractivity (Wildman–Crippen MR) is 130 cm³/mol. The molecule has 4 rings (SSSR count). The van der Waals surface area contributed by atoms with Crippen LogP contribution in [-0.4, -0.2) is 25.5 Å². The highest BCUT2D eigenvalue weighted by molar-refractivity contribution is 6.02. The molecule has 0 aliphatic heterocycles. The van der Waals surface area contributed by atoms with Crippen molar-refractivity contribution in [1.29, 1.82) is 0 Å². The summed E-state index contributed by atoms with van der Waals surface area (Å²) >= 11 is 0. The number of hydrogen-bond acceptors (Lipinski definition) is 4. The van der Waals surface area contributed by atoms with Crippen LogP contribution in [0.15, 0.2) is 70.3 Å². The van der Waals surface area contributed by atoms with Gasteiger partial charge in [-0.1, -0.05) is 24.3 Å². The number of guanidine groups is 1. The molecule has 172 valence electrons. The minimum atomic E-state index is -0.277. The molecule has 0 bridgehead atoms. The second-order valence-corrected chi connectivity index (χ2v) is 8.28. The summed E-state index contributed by atoms with van der Waals surface area (Å²) in [7, 11) is 1.75. The molecule has 1 aromatic heterocycles. The number of anilines is 1. The lowest BCUT2D eigenvalue weighted by atomic mass is 10.1. The highest BCUT2D eigenvalue weighted by atomic mass is 16.5. The molecule has 3 aromatic rings. The minimum Gasteiger partial charge on any atom is -0.493 e. The van der Waals surface area contributed by atoms with Gasteiger partial charge in [0.1, 0.15) is 5.75 Å². The molecule has 1 heterocycles. The highest BCUT2D eigenvalue weighted by Gasteiger charge is 2.22. The summed E-state index contributed by atoms with van der Waals surface area (Å²) in [5.74, 6) is 2.33. The Morgan fingerprint density at radius 1 is 1.09 bits per heavy atom. The first-order chi connectivity index (χ1) is 16.1. The summed E-state index contributed by atoms with van der Waals surface area (Å²) in [6, 6.07) is 17.3. The fourth-order valence-corrected chi connectivity index (χ4v) is 3.38. The molecular weight excluding hydrogens is 416 g/mol. The van der Waals surface area contributed by atoms with E-state index in [0.717, 1.165) is 23.5 Å². The number of nitrogens with zero attached hydrogens (tertiary/aromatic N) is 1. The lowest BCUT2D eigenvalue weighted by Gasteiger charge is -2.16. The van der Waals surface area contributed by atoms with Crippen LogP contribution in [-0.2, 0) is 13.1 Å². The summed E-state index contributed by atoms with van der Waals surface area (Å²) < 4.78 is 11.2. The molecule has 7 heteroatoms. The van der Waals surface area contributed by atoms with Gasteiger partial charge in [-0.3, -0.25) is 9.79 Å². The summed E-state index contributed by atoms with van der Waals surface area (Å²) in [6.45, 7) is 4.03. The van der Waals surface area contributed by atoms with Crippen LogP contribution in [0, 0.1) is 12.8 Å². The molecule has 0 radical (unpaired) electrons. The number of benzene rings is 2. The van der Waals surface area contributed by atoms with Crippen LogP contribution >= 0.6 is 0 Å². The number of aliphatic imine (C=N–C) groups is 1. The Morgan fingerprint density at radius 3 is 2.70 bits per heavy atom. The number of carbonyl (C=O) groups is 1. The molecule has 7 nitrogen and oxygen atoms in total. The minimum absolute atomic E-state index is 0.277. The van der Waals surface area contributed by atoms with Crippen molar-refractivity contribution in [3.63, 3.8) is 0 Å². The van der Waals surface area contributed by atoms with Gasteiger partial charge in [-0.25, -0.2) is 0 Å².